The molecule has 2 rings (SSSR count). The smallest absolute Gasteiger partial charge is 0.182 e. The van der Waals surface area contributed by atoms with Crippen LogP contribution in [0.2, 0.25) is 0 Å². The van der Waals surface area contributed by atoms with E-state index in [1.807, 2.05) is 12.1 Å². The van der Waals surface area contributed by atoms with Crippen LogP contribution in [0.25, 0.3) is 0 Å². The molecule has 0 heterocycles. The topological polar surface area (TPSA) is 52.3 Å². The van der Waals surface area contributed by atoms with Crippen molar-refractivity contribution in [3.05, 3.63) is 29.8 Å². The first-order valence-electron chi connectivity index (χ1n) is 6.22. The van der Waals surface area contributed by atoms with Gasteiger partial charge >= 0.3 is 0 Å². The third-order valence-corrected chi connectivity index (χ3v) is 3.29. The van der Waals surface area contributed by atoms with Crippen molar-refractivity contribution in [1.82, 2.24) is 0 Å². The summed E-state index contributed by atoms with van der Waals surface area (Å²) >= 11 is 0. The van der Waals surface area contributed by atoms with Crippen molar-refractivity contribution in [3.8, 4) is 5.75 Å². The standard InChI is InChI=1S/C14H19NO2/c1-2-10-17-12-6-4-11(5-7-12)13(16)14(15)8-3-9-14/h4-7H,2-3,8-10,15H2,1H3. The van der Waals surface area contributed by atoms with E-state index in [2.05, 4.69) is 6.92 Å². The van der Waals surface area contributed by atoms with Crippen LogP contribution in [0.1, 0.15) is 43.0 Å². The van der Waals surface area contributed by atoms with E-state index < -0.39 is 5.54 Å². The van der Waals surface area contributed by atoms with Crippen LogP contribution in [0.3, 0.4) is 0 Å². The number of benzene rings is 1. The molecular weight excluding hydrogens is 214 g/mol. The number of Topliss-reactive ketones (excluding diaryl/α,β-unsaturated/α-hetero) is 1. The average molecular weight is 233 g/mol. The molecule has 1 aromatic carbocycles. The number of ketones is 1. The van der Waals surface area contributed by atoms with Crippen LogP contribution >= 0.6 is 0 Å². The van der Waals surface area contributed by atoms with Gasteiger partial charge in [0.15, 0.2) is 5.78 Å². The third kappa shape index (κ3) is 2.50. The van der Waals surface area contributed by atoms with Crippen molar-refractivity contribution < 1.29 is 9.53 Å². The van der Waals surface area contributed by atoms with Crippen molar-refractivity contribution in [3.63, 3.8) is 0 Å². The highest BCUT2D eigenvalue weighted by molar-refractivity contribution is 6.03. The molecule has 1 aliphatic rings. The van der Waals surface area contributed by atoms with E-state index in [-0.39, 0.29) is 5.78 Å². The van der Waals surface area contributed by atoms with E-state index in [0.29, 0.717) is 12.2 Å². The summed E-state index contributed by atoms with van der Waals surface area (Å²) in [5.41, 5.74) is 6.10. The molecule has 0 spiro atoms. The van der Waals surface area contributed by atoms with Gasteiger partial charge in [-0.3, -0.25) is 4.79 Å². The third-order valence-electron chi connectivity index (χ3n) is 3.29. The van der Waals surface area contributed by atoms with Crippen LogP contribution < -0.4 is 10.5 Å². The maximum Gasteiger partial charge on any atom is 0.182 e. The maximum absolute atomic E-state index is 12.1. The summed E-state index contributed by atoms with van der Waals surface area (Å²) in [6.45, 7) is 2.76. The number of hydrogen-bond donors (Lipinski definition) is 1. The fraction of sp³-hybridized carbons (Fsp3) is 0.500. The molecule has 3 nitrogen and oxygen atoms in total. The number of carbonyl (C=O) groups is 1. The van der Waals surface area contributed by atoms with Gasteiger partial charge in [0.05, 0.1) is 12.1 Å². The van der Waals surface area contributed by atoms with E-state index in [4.69, 9.17) is 10.5 Å². The number of rotatable bonds is 5. The molecule has 0 aromatic heterocycles. The monoisotopic (exact) mass is 233 g/mol. The minimum atomic E-state index is -0.605. The van der Waals surface area contributed by atoms with E-state index >= 15 is 0 Å². The van der Waals surface area contributed by atoms with Gasteiger partial charge in [0.1, 0.15) is 5.75 Å². The molecule has 1 fully saturated rings. The number of hydrogen-bond acceptors (Lipinski definition) is 3. The second kappa shape index (κ2) is 4.88. The van der Waals surface area contributed by atoms with E-state index in [0.717, 1.165) is 31.4 Å². The summed E-state index contributed by atoms with van der Waals surface area (Å²) in [7, 11) is 0. The molecule has 0 saturated heterocycles. The second-order valence-electron chi connectivity index (χ2n) is 4.71. The Morgan fingerprint density at radius 1 is 1.35 bits per heavy atom. The molecule has 0 aliphatic heterocycles. The normalized spacial score (nSPS) is 17.3. The molecule has 17 heavy (non-hydrogen) atoms. The lowest BCUT2D eigenvalue weighted by atomic mass is 9.73. The summed E-state index contributed by atoms with van der Waals surface area (Å²) < 4.78 is 5.47. The summed E-state index contributed by atoms with van der Waals surface area (Å²) in [4.78, 5) is 12.1. The van der Waals surface area contributed by atoms with Gasteiger partial charge < -0.3 is 10.5 Å². The molecule has 0 radical (unpaired) electrons. The Hall–Kier alpha value is -1.35. The highest BCUT2D eigenvalue weighted by atomic mass is 16.5. The van der Waals surface area contributed by atoms with Gasteiger partial charge in [0.25, 0.3) is 0 Å². The average Bonchev–Trinajstić information content (AvgIpc) is 2.33. The zero-order valence-corrected chi connectivity index (χ0v) is 10.2. The van der Waals surface area contributed by atoms with Gasteiger partial charge in [-0.25, -0.2) is 0 Å². The van der Waals surface area contributed by atoms with Crippen molar-refractivity contribution in [1.29, 1.82) is 0 Å². The Morgan fingerprint density at radius 2 is 2.00 bits per heavy atom. The Morgan fingerprint density at radius 3 is 2.47 bits per heavy atom. The van der Waals surface area contributed by atoms with Crippen molar-refractivity contribution in [2.75, 3.05) is 6.61 Å². The first-order valence-corrected chi connectivity index (χ1v) is 6.22. The minimum Gasteiger partial charge on any atom is -0.494 e. The van der Waals surface area contributed by atoms with Gasteiger partial charge in [-0.15, -0.1) is 0 Å². The lowest BCUT2D eigenvalue weighted by Gasteiger charge is -2.36. The van der Waals surface area contributed by atoms with Gasteiger partial charge in [-0.05, 0) is 49.9 Å². The Balaban J connectivity index is 2.04. The van der Waals surface area contributed by atoms with Crippen LogP contribution in [0.4, 0.5) is 0 Å². The van der Waals surface area contributed by atoms with Crippen LogP contribution in [-0.2, 0) is 0 Å². The first kappa shape index (κ1) is 12.1. The van der Waals surface area contributed by atoms with Crippen LogP contribution in [0.15, 0.2) is 24.3 Å². The molecule has 1 saturated carbocycles. The molecule has 1 aromatic rings. The lowest BCUT2D eigenvalue weighted by Crippen LogP contribution is -2.53. The highest BCUT2D eigenvalue weighted by Gasteiger charge is 2.40. The zero-order valence-electron chi connectivity index (χ0n) is 10.2. The van der Waals surface area contributed by atoms with Crippen LogP contribution in [-0.4, -0.2) is 17.9 Å². The van der Waals surface area contributed by atoms with Crippen molar-refractivity contribution >= 4 is 5.78 Å². The van der Waals surface area contributed by atoms with Crippen molar-refractivity contribution in [2.45, 2.75) is 38.1 Å². The fourth-order valence-electron chi connectivity index (χ4n) is 1.99. The summed E-state index contributed by atoms with van der Waals surface area (Å²) in [5, 5.41) is 0. The predicted octanol–water partition coefficient (Wildman–Crippen LogP) is 2.54. The Kier molecular flexibility index (Phi) is 3.48. The SMILES string of the molecule is CCCOc1ccc(C(=O)C2(N)CCC2)cc1. The molecular formula is C14H19NO2. The maximum atomic E-state index is 12.1. The highest BCUT2D eigenvalue weighted by Crippen LogP contribution is 2.32. The number of carbonyl (C=O) groups excluding carboxylic acids is 1. The summed E-state index contributed by atoms with van der Waals surface area (Å²) in [6.07, 6.45) is 3.65. The zero-order chi connectivity index (χ0) is 12.3. The van der Waals surface area contributed by atoms with Crippen LogP contribution in [0, 0.1) is 0 Å². The predicted molar refractivity (Wildman–Crippen MR) is 67.3 cm³/mol. The molecule has 92 valence electrons. The molecule has 0 unspecified atom stereocenters. The van der Waals surface area contributed by atoms with Gasteiger partial charge in [-0.2, -0.15) is 0 Å². The van der Waals surface area contributed by atoms with Crippen molar-refractivity contribution in [2.24, 2.45) is 5.73 Å². The molecule has 0 atom stereocenters. The van der Waals surface area contributed by atoms with Gasteiger partial charge in [0.2, 0.25) is 0 Å². The lowest BCUT2D eigenvalue weighted by molar-refractivity contribution is 0.0800. The largest absolute Gasteiger partial charge is 0.494 e. The number of ether oxygens (including phenoxy) is 1. The molecule has 0 bridgehead atoms. The van der Waals surface area contributed by atoms with Crippen LogP contribution in [0.5, 0.6) is 5.75 Å². The molecule has 3 heteroatoms. The second-order valence-corrected chi connectivity index (χ2v) is 4.71. The molecule has 2 N–H and O–H groups in total. The summed E-state index contributed by atoms with van der Waals surface area (Å²) in [5.74, 6) is 0.869. The van der Waals surface area contributed by atoms with Gasteiger partial charge in [0, 0.05) is 5.56 Å². The minimum absolute atomic E-state index is 0.0609. The quantitative estimate of drug-likeness (QED) is 0.795. The fourth-order valence-corrected chi connectivity index (χ4v) is 1.99. The Bertz CT molecular complexity index is 393. The first-order chi connectivity index (χ1) is 8.15. The van der Waals surface area contributed by atoms with Gasteiger partial charge in [-0.1, -0.05) is 6.92 Å². The molecule has 0 amide bonds. The van der Waals surface area contributed by atoms with E-state index in [1.165, 1.54) is 0 Å². The number of nitrogens with two attached hydrogens (primary N) is 1. The molecule has 1 aliphatic carbocycles. The summed E-state index contributed by atoms with van der Waals surface area (Å²) in [6, 6.07) is 7.29. The Labute approximate surface area is 102 Å². The van der Waals surface area contributed by atoms with E-state index in [1.54, 1.807) is 12.1 Å². The van der Waals surface area contributed by atoms with E-state index in [9.17, 15) is 4.79 Å².